The number of carbonyl (C=O) groups excluding carboxylic acids is 1. The lowest BCUT2D eigenvalue weighted by atomic mass is 10.2. The predicted molar refractivity (Wildman–Crippen MR) is 61.5 cm³/mol. The molecule has 0 aliphatic rings. The second-order valence-electron chi connectivity index (χ2n) is 3.40. The molecule has 0 bridgehead atoms. The number of carbonyl (C=O) groups is 2. The van der Waals surface area contributed by atoms with Crippen LogP contribution >= 0.6 is 11.6 Å². The van der Waals surface area contributed by atoms with Gasteiger partial charge in [0.05, 0.1) is 6.42 Å². The minimum absolute atomic E-state index is 0.00481. The lowest BCUT2D eigenvalue weighted by Gasteiger charge is -2.08. The first-order valence-electron chi connectivity index (χ1n) is 4.88. The molecule has 0 radical (unpaired) electrons. The van der Waals surface area contributed by atoms with Gasteiger partial charge < -0.3 is 15.6 Å². The van der Waals surface area contributed by atoms with Gasteiger partial charge >= 0.3 is 11.9 Å². The van der Waals surface area contributed by atoms with Crippen molar-refractivity contribution in [3.63, 3.8) is 0 Å². The van der Waals surface area contributed by atoms with Crippen molar-refractivity contribution in [2.45, 2.75) is 19.1 Å². The first kappa shape index (κ1) is 13.5. The maximum absolute atomic E-state index is 11.2. The van der Waals surface area contributed by atoms with E-state index in [1.165, 1.54) is 0 Å². The predicted octanol–water partition coefficient (Wildman–Crippen LogP) is 1.19. The van der Waals surface area contributed by atoms with Gasteiger partial charge in [-0.2, -0.15) is 0 Å². The zero-order valence-electron chi connectivity index (χ0n) is 8.93. The third-order valence-corrected chi connectivity index (χ3v) is 2.42. The van der Waals surface area contributed by atoms with Crippen molar-refractivity contribution in [2.24, 2.45) is 5.73 Å². The third-order valence-electron chi connectivity index (χ3n) is 2.05. The van der Waals surface area contributed by atoms with Gasteiger partial charge in [-0.3, -0.25) is 9.59 Å². The van der Waals surface area contributed by atoms with E-state index in [9.17, 15) is 9.59 Å². The van der Waals surface area contributed by atoms with Crippen LogP contribution in [-0.2, 0) is 20.9 Å². The number of aliphatic carboxylic acids is 1. The number of benzene rings is 1. The van der Waals surface area contributed by atoms with Crippen molar-refractivity contribution < 1.29 is 19.4 Å². The van der Waals surface area contributed by atoms with E-state index in [-0.39, 0.29) is 13.0 Å². The minimum atomic E-state index is -1.24. The quantitative estimate of drug-likeness (QED) is 0.773. The second-order valence-corrected chi connectivity index (χ2v) is 3.81. The molecule has 0 saturated carbocycles. The average Bonchev–Trinajstić information content (AvgIpc) is 2.27. The van der Waals surface area contributed by atoms with E-state index in [1.54, 1.807) is 24.3 Å². The summed E-state index contributed by atoms with van der Waals surface area (Å²) in [5.41, 5.74) is 5.85. The molecule has 0 aromatic heterocycles. The van der Waals surface area contributed by atoms with Crippen LogP contribution in [0.2, 0.25) is 5.02 Å². The van der Waals surface area contributed by atoms with E-state index in [1.807, 2.05) is 0 Å². The first-order chi connectivity index (χ1) is 8.00. The number of ether oxygens (including phenoxy) is 1. The van der Waals surface area contributed by atoms with Crippen LogP contribution in [0.1, 0.15) is 12.0 Å². The van der Waals surface area contributed by atoms with Gasteiger partial charge in [0.25, 0.3) is 0 Å². The Labute approximate surface area is 103 Å². The number of hydrogen-bond donors (Lipinski definition) is 2. The number of halogens is 1. The summed E-state index contributed by atoms with van der Waals surface area (Å²) in [6.07, 6.45) is -0.361. The van der Waals surface area contributed by atoms with Crippen LogP contribution in [0.25, 0.3) is 0 Å². The molecule has 0 fully saturated rings. The SMILES string of the molecule is NC(CC(=O)OCc1ccccc1Cl)C(=O)O. The van der Waals surface area contributed by atoms with Crippen LogP contribution in [0.4, 0.5) is 0 Å². The Morgan fingerprint density at radius 3 is 2.65 bits per heavy atom. The van der Waals surface area contributed by atoms with Crippen molar-refractivity contribution in [3.8, 4) is 0 Å². The molecule has 0 aliphatic carbocycles. The number of carboxylic acid groups (broad SMARTS) is 1. The maximum atomic E-state index is 11.2. The Balaban J connectivity index is 2.44. The lowest BCUT2D eigenvalue weighted by molar-refractivity contribution is -0.149. The fourth-order valence-electron chi connectivity index (χ4n) is 1.10. The van der Waals surface area contributed by atoms with Crippen LogP contribution in [0.3, 0.4) is 0 Å². The summed E-state index contributed by atoms with van der Waals surface area (Å²) >= 11 is 5.85. The van der Waals surface area contributed by atoms with Crippen LogP contribution in [0, 0.1) is 0 Å². The molecule has 0 saturated heterocycles. The number of carboxylic acids is 1. The van der Waals surface area contributed by atoms with E-state index < -0.39 is 18.0 Å². The molecular weight excluding hydrogens is 246 g/mol. The fourth-order valence-corrected chi connectivity index (χ4v) is 1.29. The molecule has 92 valence electrons. The summed E-state index contributed by atoms with van der Waals surface area (Å²) in [5.74, 6) is -1.90. The van der Waals surface area contributed by atoms with Gasteiger partial charge in [-0.1, -0.05) is 29.8 Å². The topological polar surface area (TPSA) is 89.6 Å². The zero-order valence-corrected chi connectivity index (χ0v) is 9.68. The number of nitrogens with two attached hydrogens (primary N) is 1. The highest BCUT2D eigenvalue weighted by molar-refractivity contribution is 6.31. The summed E-state index contributed by atoms with van der Waals surface area (Å²) in [6.45, 7) is 0.00481. The van der Waals surface area contributed by atoms with Crippen LogP contribution in [-0.4, -0.2) is 23.1 Å². The average molecular weight is 258 g/mol. The monoisotopic (exact) mass is 257 g/mol. The zero-order chi connectivity index (χ0) is 12.8. The Kier molecular flexibility index (Phi) is 4.93. The van der Waals surface area contributed by atoms with Crippen LogP contribution in [0.15, 0.2) is 24.3 Å². The molecule has 5 nitrogen and oxygen atoms in total. The van der Waals surface area contributed by atoms with E-state index in [2.05, 4.69) is 0 Å². The molecule has 1 aromatic carbocycles. The van der Waals surface area contributed by atoms with E-state index >= 15 is 0 Å². The molecule has 0 spiro atoms. The highest BCUT2D eigenvalue weighted by Gasteiger charge is 2.17. The normalized spacial score (nSPS) is 11.9. The summed E-state index contributed by atoms with van der Waals surface area (Å²) in [4.78, 5) is 21.6. The highest BCUT2D eigenvalue weighted by atomic mass is 35.5. The summed E-state index contributed by atoms with van der Waals surface area (Å²) < 4.78 is 4.86. The van der Waals surface area contributed by atoms with E-state index in [4.69, 9.17) is 27.2 Å². The molecule has 3 N–H and O–H groups in total. The molecule has 1 rings (SSSR count). The molecule has 1 atom stereocenters. The first-order valence-corrected chi connectivity index (χ1v) is 5.26. The molecule has 1 aromatic rings. The van der Waals surface area contributed by atoms with Crippen molar-refractivity contribution >= 4 is 23.5 Å². The Morgan fingerprint density at radius 1 is 1.41 bits per heavy atom. The van der Waals surface area contributed by atoms with Gasteiger partial charge in [0.1, 0.15) is 12.6 Å². The molecule has 0 aliphatic heterocycles. The Bertz CT molecular complexity index is 422. The van der Waals surface area contributed by atoms with Crippen LogP contribution < -0.4 is 5.73 Å². The minimum Gasteiger partial charge on any atom is -0.480 e. The van der Waals surface area contributed by atoms with Gasteiger partial charge in [-0.25, -0.2) is 0 Å². The molecule has 6 heteroatoms. The summed E-state index contributed by atoms with van der Waals surface area (Å²) in [7, 11) is 0. The van der Waals surface area contributed by atoms with Gasteiger partial charge in [-0.05, 0) is 6.07 Å². The second kappa shape index (κ2) is 6.22. The number of esters is 1. The van der Waals surface area contributed by atoms with Crippen molar-refractivity contribution in [1.29, 1.82) is 0 Å². The Morgan fingerprint density at radius 2 is 2.06 bits per heavy atom. The highest BCUT2D eigenvalue weighted by Crippen LogP contribution is 2.15. The molecular formula is C11H12ClNO4. The number of hydrogen-bond acceptors (Lipinski definition) is 4. The summed E-state index contributed by atoms with van der Waals surface area (Å²) in [6, 6.07) is 5.67. The molecule has 0 heterocycles. The standard InChI is InChI=1S/C11H12ClNO4/c12-8-4-2-1-3-7(8)6-17-10(14)5-9(13)11(15)16/h1-4,9H,5-6,13H2,(H,15,16). The largest absolute Gasteiger partial charge is 0.480 e. The smallest absolute Gasteiger partial charge is 0.321 e. The van der Waals surface area contributed by atoms with Crippen LogP contribution in [0.5, 0.6) is 0 Å². The van der Waals surface area contributed by atoms with Gasteiger partial charge in [0.15, 0.2) is 0 Å². The van der Waals surface area contributed by atoms with Gasteiger partial charge in [0, 0.05) is 10.6 Å². The number of rotatable bonds is 5. The lowest BCUT2D eigenvalue weighted by Crippen LogP contribution is -2.33. The van der Waals surface area contributed by atoms with Gasteiger partial charge in [0.2, 0.25) is 0 Å². The summed E-state index contributed by atoms with van der Waals surface area (Å²) in [5, 5.41) is 9.00. The van der Waals surface area contributed by atoms with E-state index in [0.717, 1.165) is 0 Å². The Hall–Kier alpha value is -1.59. The molecule has 17 heavy (non-hydrogen) atoms. The maximum Gasteiger partial charge on any atom is 0.321 e. The molecule has 1 unspecified atom stereocenters. The van der Waals surface area contributed by atoms with Crippen molar-refractivity contribution in [1.82, 2.24) is 0 Å². The van der Waals surface area contributed by atoms with E-state index in [0.29, 0.717) is 10.6 Å². The van der Waals surface area contributed by atoms with Gasteiger partial charge in [-0.15, -0.1) is 0 Å². The van der Waals surface area contributed by atoms with Crippen molar-refractivity contribution in [2.75, 3.05) is 0 Å². The fraction of sp³-hybridized carbons (Fsp3) is 0.273. The molecule has 0 amide bonds. The van der Waals surface area contributed by atoms with Crippen molar-refractivity contribution in [3.05, 3.63) is 34.9 Å². The third kappa shape index (κ3) is 4.42.